The van der Waals surface area contributed by atoms with Crippen LogP contribution in [0.25, 0.3) is 0 Å². The molecule has 3 heteroatoms. The summed E-state index contributed by atoms with van der Waals surface area (Å²) in [6.07, 6.45) is 16.2. The van der Waals surface area contributed by atoms with E-state index >= 15 is 0 Å². The summed E-state index contributed by atoms with van der Waals surface area (Å²) in [4.78, 5) is 0. The van der Waals surface area contributed by atoms with Crippen LogP contribution in [-0.4, -0.2) is 21.3 Å². The highest BCUT2D eigenvalue weighted by Gasteiger charge is 2.23. The fourth-order valence-corrected chi connectivity index (χ4v) is 4.91. The first-order valence-electron chi connectivity index (χ1n) is 8.88. The smallest absolute Gasteiger partial charge is 0.0499 e. The number of unbranched alkanes of at least 4 members (excludes halogenated alkanes) is 2. The van der Waals surface area contributed by atoms with Gasteiger partial charge < -0.3 is 5.73 Å². The molecule has 0 heterocycles. The molecule has 0 aliphatic heterocycles. The molecule has 20 heavy (non-hydrogen) atoms. The molecule has 0 amide bonds. The minimum absolute atomic E-state index is 0.164. The molecule has 0 radical (unpaired) electrons. The lowest BCUT2D eigenvalue weighted by molar-refractivity contribution is 0.467. The van der Waals surface area contributed by atoms with Crippen molar-refractivity contribution in [1.82, 2.24) is 0 Å². The fourth-order valence-electron chi connectivity index (χ4n) is 3.16. The molecule has 120 valence electrons. The van der Waals surface area contributed by atoms with Crippen molar-refractivity contribution >= 4 is 10.8 Å². The summed E-state index contributed by atoms with van der Waals surface area (Å²) in [6, 6.07) is 0.164. The molecular formula is C17H35NOS. The van der Waals surface area contributed by atoms with Gasteiger partial charge in [0.1, 0.15) is 0 Å². The van der Waals surface area contributed by atoms with Gasteiger partial charge in [-0.1, -0.05) is 71.1 Å². The molecule has 2 nitrogen and oxygen atoms in total. The van der Waals surface area contributed by atoms with Crippen molar-refractivity contribution in [2.45, 2.75) is 102 Å². The Morgan fingerprint density at radius 1 is 0.900 bits per heavy atom. The fraction of sp³-hybridized carbons (Fsp3) is 1.00. The predicted molar refractivity (Wildman–Crippen MR) is 90.5 cm³/mol. The van der Waals surface area contributed by atoms with Crippen LogP contribution in [0.1, 0.15) is 90.4 Å². The first kappa shape index (κ1) is 18.2. The Labute approximate surface area is 128 Å². The van der Waals surface area contributed by atoms with Crippen molar-refractivity contribution in [3.05, 3.63) is 0 Å². The summed E-state index contributed by atoms with van der Waals surface area (Å²) < 4.78 is 12.5. The Morgan fingerprint density at radius 2 is 1.45 bits per heavy atom. The van der Waals surface area contributed by atoms with Crippen molar-refractivity contribution in [1.29, 1.82) is 0 Å². The van der Waals surface area contributed by atoms with Crippen LogP contribution in [0.2, 0.25) is 0 Å². The zero-order valence-electron chi connectivity index (χ0n) is 13.4. The third-order valence-electron chi connectivity index (χ3n) is 4.54. The second-order valence-electron chi connectivity index (χ2n) is 6.40. The van der Waals surface area contributed by atoms with E-state index in [1.165, 1.54) is 64.2 Å². The maximum absolute atomic E-state index is 12.5. The van der Waals surface area contributed by atoms with Crippen LogP contribution in [0, 0.1) is 0 Å². The molecule has 0 saturated heterocycles. The van der Waals surface area contributed by atoms with Gasteiger partial charge in [-0.2, -0.15) is 0 Å². The van der Waals surface area contributed by atoms with E-state index in [0.29, 0.717) is 0 Å². The Kier molecular flexibility index (Phi) is 10.7. The molecule has 3 atom stereocenters. The highest BCUT2D eigenvalue weighted by molar-refractivity contribution is 7.85. The first-order valence-corrected chi connectivity index (χ1v) is 10.3. The van der Waals surface area contributed by atoms with E-state index in [1.54, 1.807) is 0 Å². The molecule has 1 fully saturated rings. The van der Waals surface area contributed by atoms with Gasteiger partial charge in [0.25, 0.3) is 0 Å². The van der Waals surface area contributed by atoms with Crippen LogP contribution in [0.4, 0.5) is 0 Å². The van der Waals surface area contributed by atoms with E-state index in [0.717, 1.165) is 25.0 Å². The SMILES string of the molecule is CCCCCS(=O)C1CCCCCCCCCCC1N. The van der Waals surface area contributed by atoms with E-state index in [-0.39, 0.29) is 11.3 Å². The van der Waals surface area contributed by atoms with E-state index in [9.17, 15) is 4.21 Å². The summed E-state index contributed by atoms with van der Waals surface area (Å²) >= 11 is 0. The quantitative estimate of drug-likeness (QED) is 0.758. The average Bonchev–Trinajstić information content (AvgIpc) is 2.43. The Bertz CT molecular complexity index is 257. The summed E-state index contributed by atoms with van der Waals surface area (Å²) in [6.45, 7) is 2.20. The second-order valence-corrected chi connectivity index (χ2v) is 8.18. The molecule has 0 aromatic carbocycles. The summed E-state index contributed by atoms with van der Waals surface area (Å²) in [7, 11) is -0.705. The minimum Gasteiger partial charge on any atom is -0.327 e. The molecule has 2 N–H and O–H groups in total. The van der Waals surface area contributed by atoms with Gasteiger partial charge in [0.15, 0.2) is 0 Å². The van der Waals surface area contributed by atoms with Gasteiger partial charge in [0, 0.05) is 27.8 Å². The zero-order valence-corrected chi connectivity index (χ0v) is 14.3. The Balaban J connectivity index is 2.45. The van der Waals surface area contributed by atoms with Crippen LogP contribution in [0.5, 0.6) is 0 Å². The molecule has 1 aliphatic rings. The van der Waals surface area contributed by atoms with E-state index in [1.807, 2.05) is 0 Å². The molecule has 0 aromatic heterocycles. The molecule has 0 aromatic rings. The normalized spacial score (nSPS) is 28.3. The molecule has 3 unspecified atom stereocenters. The maximum atomic E-state index is 12.5. The van der Waals surface area contributed by atoms with Gasteiger partial charge in [-0.3, -0.25) is 4.21 Å². The summed E-state index contributed by atoms with van der Waals surface area (Å²) in [5.41, 5.74) is 6.37. The van der Waals surface area contributed by atoms with Crippen molar-refractivity contribution < 1.29 is 4.21 Å². The lowest BCUT2D eigenvalue weighted by atomic mass is 9.98. The molecule has 1 aliphatic carbocycles. The minimum atomic E-state index is -0.705. The molecule has 1 saturated carbocycles. The third-order valence-corrected chi connectivity index (χ3v) is 6.49. The molecule has 0 bridgehead atoms. The van der Waals surface area contributed by atoms with Crippen LogP contribution < -0.4 is 5.73 Å². The number of nitrogens with two attached hydrogens (primary N) is 1. The molecular weight excluding hydrogens is 266 g/mol. The first-order chi connectivity index (χ1) is 9.75. The lowest BCUT2D eigenvalue weighted by Gasteiger charge is -2.24. The monoisotopic (exact) mass is 301 g/mol. The maximum Gasteiger partial charge on any atom is 0.0499 e. The summed E-state index contributed by atoms with van der Waals surface area (Å²) in [5, 5.41) is 0.256. The van der Waals surface area contributed by atoms with Crippen LogP contribution >= 0.6 is 0 Å². The van der Waals surface area contributed by atoms with Crippen molar-refractivity contribution in [2.24, 2.45) is 5.73 Å². The largest absolute Gasteiger partial charge is 0.327 e. The molecule has 1 rings (SSSR count). The van der Waals surface area contributed by atoms with Crippen LogP contribution in [-0.2, 0) is 10.8 Å². The third kappa shape index (κ3) is 7.78. The standard InChI is InChI=1S/C17H35NOS/c1-2-3-12-15-20(19)17-14-11-9-7-5-4-6-8-10-13-16(17)18/h16-17H,2-15,18H2,1H3. The van der Waals surface area contributed by atoms with Crippen LogP contribution in [0.15, 0.2) is 0 Å². The van der Waals surface area contributed by atoms with Crippen LogP contribution in [0.3, 0.4) is 0 Å². The molecule has 0 spiro atoms. The van der Waals surface area contributed by atoms with Gasteiger partial charge in [0.05, 0.1) is 0 Å². The van der Waals surface area contributed by atoms with E-state index in [4.69, 9.17) is 5.73 Å². The number of hydrogen-bond acceptors (Lipinski definition) is 2. The zero-order chi connectivity index (χ0) is 14.6. The Hall–Kier alpha value is 0.110. The van der Waals surface area contributed by atoms with Gasteiger partial charge in [0.2, 0.25) is 0 Å². The summed E-state index contributed by atoms with van der Waals surface area (Å²) in [5.74, 6) is 0.867. The second kappa shape index (κ2) is 11.7. The van der Waals surface area contributed by atoms with E-state index < -0.39 is 10.8 Å². The highest BCUT2D eigenvalue weighted by atomic mass is 32.2. The van der Waals surface area contributed by atoms with Gasteiger partial charge in [-0.15, -0.1) is 0 Å². The van der Waals surface area contributed by atoms with Gasteiger partial charge in [-0.05, 0) is 19.3 Å². The highest BCUT2D eigenvalue weighted by Crippen LogP contribution is 2.20. The van der Waals surface area contributed by atoms with Crippen molar-refractivity contribution in [3.63, 3.8) is 0 Å². The van der Waals surface area contributed by atoms with E-state index in [2.05, 4.69) is 6.92 Å². The topological polar surface area (TPSA) is 43.1 Å². The van der Waals surface area contributed by atoms with Gasteiger partial charge >= 0.3 is 0 Å². The lowest BCUT2D eigenvalue weighted by Crippen LogP contribution is -2.38. The Morgan fingerprint density at radius 3 is 2.05 bits per heavy atom. The predicted octanol–water partition coefficient (Wildman–Crippen LogP) is 4.54. The number of rotatable bonds is 5. The number of hydrogen-bond donors (Lipinski definition) is 1. The van der Waals surface area contributed by atoms with Gasteiger partial charge in [-0.25, -0.2) is 0 Å². The van der Waals surface area contributed by atoms with Crippen molar-refractivity contribution in [3.8, 4) is 0 Å². The van der Waals surface area contributed by atoms with Crippen molar-refractivity contribution in [2.75, 3.05) is 5.75 Å². The average molecular weight is 302 g/mol.